The molecule has 1 spiro atoms. The van der Waals surface area contributed by atoms with Crippen molar-refractivity contribution in [2.75, 3.05) is 19.8 Å². The average molecular weight is 593 g/mol. The van der Waals surface area contributed by atoms with Crippen LogP contribution in [0, 0.1) is 28.6 Å². The molecular weight excluding hydrogens is 548 g/mol. The first kappa shape index (κ1) is 32.0. The van der Waals surface area contributed by atoms with Gasteiger partial charge in [-0.15, -0.1) is 0 Å². The molecule has 42 heavy (non-hydrogen) atoms. The van der Waals surface area contributed by atoms with Crippen LogP contribution in [-0.2, 0) is 52.4 Å². The van der Waals surface area contributed by atoms with Gasteiger partial charge in [-0.3, -0.25) is 19.2 Å². The largest absolute Gasteiger partial charge is 0.465 e. The molecule has 0 bridgehead atoms. The zero-order valence-corrected chi connectivity index (χ0v) is 25.7. The van der Waals surface area contributed by atoms with Crippen LogP contribution in [0.2, 0.25) is 0 Å². The fourth-order valence-electron chi connectivity index (χ4n) is 7.71. The van der Waals surface area contributed by atoms with Crippen LogP contribution in [0.1, 0.15) is 80.6 Å². The van der Waals surface area contributed by atoms with Gasteiger partial charge in [-0.05, 0) is 43.4 Å². The molecule has 2 aliphatic heterocycles. The Bertz CT molecular complexity index is 1140. The van der Waals surface area contributed by atoms with E-state index in [9.17, 15) is 24.0 Å². The van der Waals surface area contributed by atoms with Crippen LogP contribution in [0.5, 0.6) is 0 Å². The fraction of sp³-hybridized carbons (Fsp3) is 0.774. The predicted molar refractivity (Wildman–Crippen MR) is 146 cm³/mol. The maximum absolute atomic E-state index is 13.1. The van der Waals surface area contributed by atoms with Gasteiger partial charge in [-0.25, -0.2) is 4.79 Å². The SMILES string of the molecule is CCC(C)C(=O)O[C@@H](C[C@]1(C)[C@H]2C(OC(C)=O)CC[C@@]3(CO3)[C@]2(COC(C)=O)[C@H](OC(C)=O)C[C@@H]1C)C1=CC(=O)OC1. The van der Waals surface area contributed by atoms with Crippen molar-refractivity contribution in [3.63, 3.8) is 0 Å². The summed E-state index contributed by atoms with van der Waals surface area (Å²) in [7, 11) is 0. The van der Waals surface area contributed by atoms with Crippen molar-refractivity contribution >= 4 is 29.8 Å². The van der Waals surface area contributed by atoms with Gasteiger partial charge in [0.2, 0.25) is 0 Å². The Balaban J connectivity index is 1.87. The second-order valence-corrected chi connectivity index (χ2v) is 12.8. The van der Waals surface area contributed by atoms with E-state index in [1.807, 2.05) is 13.8 Å². The molecule has 2 unspecified atom stereocenters. The zero-order valence-electron chi connectivity index (χ0n) is 25.7. The Hall–Kier alpha value is -2.95. The van der Waals surface area contributed by atoms with Crippen molar-refractivity contribution < 1.29 is 52.4 Å². The molecule has 11 heteroatoms. The van der Waals surface area contributed by atoms with Gasteiger partial charge in [0.25, 0.3) is 0 Å². The quantitative estimate of drug-likeness (QED) is 0.209. The Kier molecular flexibility index (Phi) is 9.11. The number of epoxide rings is 1. The number of carbonyl (C=O) groups excluding carboxylic acids is 5. The standard InChI is InChI=1S/C31H44O11/c1-8-17(2)28(36)42-24(22-12-26(35)37-14-22)13-29(7)18(3)11-25(41-21(6)34)31(16-38-19(4)32)27(29)23(40-20(5)33)9-10-30(31)15-39-30/h12,17-18,23-25,27H,8-11,13-16H2,1-7H3/t17?,18-,23?,24-,25+,27+,29-,30+,31+/m0/s1. The van der Waals surface area contributed by atoms with E-state index >= 15 is 0 Å². The number of fused-ring (bicyclic) bond motifs is 2. The molecular formula is C31H44O11. The molecule has 2 saturated carbocycles. The summed E-state index contributed by atoms with van der Waals surface area (Å²) in [5, 5.41) is 0. The third kappa shape index (κ3) is 5.81. The van der Waals surface area contributed by atoms with Crippen LogP contribution in [0.15, 0.2) is 11.6 Å². The molecule has 0 N–H and O–H groups in total. The Labute approximate surface area is 246 Å². The van der Waals surface area contributed by atoms with Gasteiger partial charge >= 0.3 is 29.8 Å². The van der Waals surface area contributed by atoms with Gasteiger partial charge in [0.15, 0.2) is 0 Å². The molecule has 0 amide bonds. The van der Waals surface area contributed by atoms with E-state index in [4.69, 9.17) is 28.4 Å². The number of rotatable bonds is 10. The highest BCUT2D eigenvalue weighted by Crippen LogP contribution is 2.69. The predicted octanol–water partition coefficient (Wildman–Crippen LogP) is 3.46. The summed E-state index contributed by atoms with van der Waals surface area (Å²) < 4.78 is 35.2. The van der Waals surface area contributed by atoms with E-state index in [1.165, 1.54) is 26.8 Å². The summed E-state index contributed by atoms with van der Waals surface area (Å²) in [4.78, 5) is 62.3. The third-order valence-corrected chi connectivity index (χ3v) is 10.2. The molecule has 4 rings (SSSR count). The lowest BCUT2D eigenvalue weighted by atomic mass is 9.42. The molecule has 0 radical (unpaired) electrons. The summed E-state index contributed by atoms with van der Waals surface area (Å²) in [6, 6.07) is 0. The van der Waals surface area contributed by atoms with Crippen LogP contribution >= 0.6 is 0 Å². The van der Waals surface area contributed by atoms with E-state index < -0.39 is 64.5 Å². The van der Waals surface area contributed by atoms with E-state index in [0.717, 1.165) is 0 Å². The van der Waals surface area contributed by atoms with Crippen molar-refractivity contribution in [1.82, 2.24) is 0 Å². The number of esters is 5. The fourth-order valence-corrected chi connectivity index (χ4v) is 7.71. The third-order valence-electron chi connectivity index (χ3n) is 10.2. The van der Waals surface area contributed by atoms with Crippen molar-refractivity contribution in [3.8, 4) is 0 Å². The van der Waals surface area contributed by atoms with Crippen LogP contribution in [0.4, 0.5) is 0 Å². The molecule has 0 aromatic carbocycles. The van der Waals surface area contributed by atoms with E-state index in [1.54, 1.807) is 6.92 Å². The summed E-state index contributed by atoms with van der Waals surface area (Å²) in [5.41, 5.74) is -2.00. The topological polar surface area (TPSA) is 144 Å². The molecule has 11 nitrogen and oxygen atoms in total. The second-order valence-electron chi connectivity index (χ2n) is 12.8. The monoisotopic (exact) mass is 592 g/mol. The van der Waals surface area contributed by atoms with Crippen molar-refractivity contribution in [2.24, 2.45) is 28.6 Å². The highest BCUT2D eigenvalue weighted by Gasteiger charge is 2.77. The average Bonchev–Trinajstić information content (AvgIpc) is 3.56. The molecule has 2 aliphatic carbocycles. The lowest BCUT2D eigenvalue weighted by Gasteiger charge is -2.64. The highest BCUT2D eigenvalue weighted by molar-refractivity contribution is 5.85. The van der Waals surface area contributed by atoms with Crippen LogP contribution in [0.25, 0.3) is 0 Å². The maximum atomic E-state index is 13.1. The minimum absolute atomic E-state index is 0.00149. The Morgan fingerprint density at radius 1 is 1.10 bits per heavy atom. The van der Waals surface area contributed by atoms with Gasteiger partial charge in [0.05, 0.1) is 17.9 Å². The Morgan fingerprint density at radius 2 is 1.76 bits per heavy atom. The van der Waals surface area contributed by atoms with Gasteiger partial charge in [0.1, 0.15) is 37.1 Å². The van der Waals surface area contributed by atoms with E-state index in [-0.39, 0.29) is 37.4 Å². The summed E-state index contributed by atoms with van der Waals surface area (Å²) in [6.07, 6.45) is 1.53. The minimum Gasteiger partial charge on any atom is -0.465 e. The maximum Gasteiger partial charge on any atom is 0.331 e. The molecule has 0 aromatic heterocycles. The number of ether oxygens (including phenoxy) is 6. The molecule has 2 heterocycles. The molecule has 9 atom stereocenters. The number of cyclic esters (lactones) is 1. The van der Waals surface area contributed by atoms with Crippen LogP contribution in [0.3, 0.4) is 0 Å². The smallest absolute Gasteiger partial charge is 0.331 e. The van der Waals surface area contributed by atoms with Gasteiger partial charge in [-0.2, -0.15) is 0 Å². The minimum atomic E-state index is -1.05. The number of hydrogen-bond acceptors (Lipinski definition) is 11. The molecule has 4 aliphatic rings. The summed E-state index contributed by atoms with van der Waals surface area (Å²) >= 11 is 0. The molecule has 1 saturated heterocycles. The van der Waals surface area contributed by atoms with Crippen LogP contribution < -0.4 is 0 Å². The lowest BCUT2D eigenvalue weighted by molar-refractivity contribution is -0.259. The van der Waals surface area contributed by atoms with E-state index in [0.29, 0.717) is 37.9 Å². The van der Waals surface area contributed by atoms with Crippen molar-refractivity contribution in [1.29, 1.82) is 0 Å². The number of carbonyl (C=O) groups is 5. The van der Waals surface area contributed by atoms with Gasteiger partial charge in [0, 0.05) is 38.3 Å². The van der Waals surface area contributed by atoms with Crippen molar-refractivity contribution in [2.45, 2.75) is 104 Å². The molecule has 0 aromatic rings. The van der Waals surface area contributed by atoms with Gasteiger partial charge < -0.3 is 28.4 Å². The molecule has 3 fully saturated rings. The lowest BCUT2D eigenvalue weighted by Crippen LogP contribution is -2.71. The summed E-state index contributed by atoms with van der Waals surface area (Å²) in [5.74, 6) is -3.36. The molecule has 234 valence electrons. The summed E-state index contributed by atoms with van der Waals surface area (Å²) in [6.45, 7) is 12.0. The normalized spacial score (nSPS) is 36.5. The first-order valence-electron chi connectivity index (χ1n) is 14.9. The van der Waals surface area contributed by atoms with Crippen LogP contribution in [-0.4, -0.2) is 73.6 Å². The Morgan fingerprint density at radius 3 is 2.29 bits per heavy atom. The van der Waals surface area contributed by atoms with Gasteiger partial charge in [-0.1, -0.05) is 27.7 Å². The van der Waals surface area contributed by atoms with Crippen molar-refractivity contribution in [3.05, 3.63) is 11.6 Å². The first-order valence-corrected chi connectivity index (χ1v) is 14.9. The number of hydrogen-bond donors (Lipinski definition) is 0. The van der Waals surface area contributed by atoms with E-state index in [2.05, 4.69) is 6.92 Å². The first-order chi connectivity index (χ1) is 19.7. The highest BCUT2D eigenvalue weighted by atomic mass is 16.6. The zero-order chi connectivity index (χ0) is 31.0. The second kappa shape index (κ2) is 12.0.